The third kappa shape index (κ3) is 4.17. The summed E-state index contributed by atoms with van der Waals surface area (Å²) in [6, 6.07) is 13.7. The Morgan fingerprint density at radius 1 is 1.10 bits per heavy atom. The highest BCUT2D eigenvalue weighted by Crippen LogP contribution is 2.40. The Morgan fingerprint density at radius 2 is 1.83 bits per heavy atom. The number of ketones is 1. The summed E-state index contributed by atoms with van der Waals surface area (Å²) in [5.41, 5.74) is 2.32. The predicted molar refractivity (Wildman–Crippen MR) is 110 cm³/mol. The molecule has 0 unspecified atom stereocenters. The van der Waals surface area contributed by atoms with E-state index in [1.807, 2.05) is 25.1 Å². The van der Waals surface area contributed by atoms with Crippen LogP contribution in [0, 0.1) is 6.92 Å². The molecule has 152 valence electrons. The fourth-order valence-corrected chi connectivity index (χ4v) is 3.51. The van der Waals surface area contributed by atoms with Crippen molar-refractivity contribution in [3.05, 3.63) is 70.8 Å². The number of aryl methyl sites for hydroxylation is 1. The topological polar surface area (TPSA) is 76.1 Å². The van der Waals surface area contributed by atoms with Gasteiger partial charge in [0.1, 0.15) is 11.5 Å². The van der Waals surface area contributed by atoms with E-state index in [2.05, 4.69) is 0 Å². The lowest BCUT2D eigenvalue weighted by Gasteiger charge is -2.25. The van der Waals surface area contributed by atoms with Crippen LogP contribution in [0.5, 0.6) is 5.75 Å². The van der Waals surface area contributed by atoms with Crippen LogP contribution in [0.25, 0.3) is 5.76 Å². The minimum Gasteiger partial charge on any atom is -0.507 e. The number of ether oxygens (including phenoxy) is 2. The Labute approximate surface area is 170 Å². The first kappa shape index (κ1) is 20.6. The van der Waals surface area contributed by atoms with Crippen molar-refractivity contribution in [1.82, 2.24) is 4.90 Å². The molecule has 0 bridgehead atoms. The summed E-state index contributed by atoms with van der Waals surface area (Å²) in [7, 11) is 3.14. The molecule has 1 saturated heterocycles. The third-order valence-electron chi connectivity index (χ3n) is 5.02. The van der Waals surface area contributed by atoms with Gasteiger partial charge in [0.2, 0.25) is 0 Å². The van der Waals surface area contributed by atoms with E-state index in [0.717, 1.165) is 5.56 Å². The minimum atomic E-state index is -0.691. The van der Waals surface area contributed by atoms with E-state index in [1.54, 1.807) is 44.6 Å². The molecule has 0 aromatic heterocycles. The van der Waals surface area contributed by atoms with Crippen molar-refractivity contribution >= 4 is 17.4 Å². The number of hydrogen-bond acceptors (Lipinski definition) is 5. The van der Waals surface area contributed by atoms with E-state index in [4.69, 9.17) is 9.47 Å². The van der Waals surface area contributed by atoms with Gasteiger partial charge < -0.3 is 19.5 Å². The van der Waals surface area contributed by atoms with Crippen molar-refractivity contribution in [2.24, 2.45) is 0 Å². The normalized spacial score (nSPS) is 18.3. The van der Waals surface area contributed by atoms with Crippen molar-refractivity contribution in [1.29, 1.82) is 0 Å². The zero-order valence-electron chi connectivity index (χ0n) is 16.8. The van der Waals surface area contributed by atoms with Gasteiger partial charge in [-0.15, -0.1) is 0 Å². The van der Waals surface area contributed by atoms with E-state index < -0.39 is 17.7 Å². The van der Waals surface area contributed by atoms with Gasteiger partial charge in [-0.1, -0.05) is 42.0 Å². The summed E-state index contributed by atoms with van der Waals surface area (Å²) in [4.78, 5) is 27.2. The lowest BCUT2D eigenvalue weighted by atomic mass is 9.95. The van der Waals surface area contributed by atoms with E-state index in [-0.39, 0.29) is 11.3 Å². The van der Waals surface area contributed by atoms with Crippen molar-refractivity contribution in [2.45, 2.75) is 19.4 Å². The number of Topliss-reactive ketones (excluding diaryl/α,β-unsaturated/α-hetero) is 1. The smallest absolute Gasteiger partial charge is 0.295 e. The SMILES string of the molecule is COCCCN1C(=O)C(=O)C(=C(O)c2ccc(C)cc2)[C@H]1c1cccc(OC)c1. The van der Waals surface area contributed by atoms with E-state index in [1.165, 1.54) is 4.90 Å². The highest BCUT2D eigenvalue weighted by Gasteiger charge is 2.45. The van der Waals surface area contributed by atoms with Gasteiger partial charge in [-0.25, -0.2) is 0 Å². The van der Waals surface area contributed by atoms with Crippen LogP contribution < -0.4 is 4.74 Å². The number of carbonyl (C=O) groups is 2. The lowest BCUT2D eigenvalue weighted by molar-refractivity contribution is -0.140. The monoisotopic (exact) mass is 395 g/mol. The minimum absolute atomic E-state index is 0.0875. The Balaban J connectivity index is 2.12. The summed E-state index contributed by atoms with van der Waals surface area (Å²) < 4.78 is 10.4. The fourth-order valence-electron chi connectivity index (χ4n) is 3.51. The van der Waals surface area contributed by atoms with Crippen LogP contribution in [0.2, 0.25) is 0 Å². The Kier molecular flexibility index (Phi) is 6.34. The number of likely N-dealkylation sites (tertiary alicyclic amines) is 1. The summed E-state index contributed by atoms with van der Waals surface area (Å²) >= 11 is 0. The third-order valence-corrected chi connectivity index (χ3v) is 5.02. The molecule has 1 fully saturated rings. The molecule has 1 aliphatic heterocycles. The first-order chi connectivity index (χ1) is 14.0. The molecule has 1 atom stereocenters. The number of aliphatic hydroxyl groups excluding tert-OH is 1. The molecule has 1 amide bonds. The van der Waals surface area contributed by atoms with E-state index in [0.29, 0.717) is 36.4 Å². The molecule has 0 saturated carbocycles. The van der Waals surface area contributed by atoms with Crippen LogP contribution >= 0.6 is 0 Å². The molecule has 0 spiro atoms. The van der Waals surface area contributed by atoms with Gasteiger partial charge >= 0.3 is 0 Å². The molecule has 3 rings (SSSR count). The first-order valence-electron chi connectivity index (χ1n) is 9.46. The number of carbonyl (C=O) groups excluding carboxylic acids is 2. The Bertz CT molecular complexity index is 933. The van der Waals surface area contributed by atoms with Gasteiger partial charge in [0.05, 0.1) is 18.7 Å². The molecule has 2 aromatic rings. The number of amides is 1. The molecule has 29 heavy (non-hydrogen) atoms. The van der Waals surface area contributed by atoms with Crippen LogP contribution in [-0.4, -0.2) is 49.1 Å². The summed E-state index contributed by atoms with van der Waals surface area (Å²) in [6.45, 7) is 2.74. The summed E-state index contributed by atoms with van der Waals surface area (Å²) in [6.07, 6.45) is 0.578. The zero-order chi connectivity index (χ0) is 21.0. The summed E-state index contributed by atoms with van der Waals surface area (Å²) in [5, 5.41) is 11.0. The average molecular weight is 395 g/mol. The quantitative estimate of drug-likeness (QED) is 0.336. The number of nitrogens with zero attached hydrogens (tertiary/aromatic N) is 1. The maximum Gasteiger partial charge on any atom is 0.295 e. The molecule has 0 radical (unpaired) electrons. The number of hydrogen-bond donors (Lipinski definition) is 1. The highest BCUT2D eigenvalue weighted by molar-refractivity contribution is 6.46. The second kappa shape index (κ2) is 8.92. The van der Waals surface area contributed by atoms with E-state index in [9.17, 15) is 14.7 Å². The zero-order valence-corrected chi connectivity index (χ0v) is 16.8. The van der Waals surface area contributed by atoms with Gasteiger partial charge in [-0.3, -0.25) is 9.59 Å². The fraction of sp³-hybridized carbons (Fsp3) is 0.304. The molecule has 1 aliphatic rings. The molecule has 1 heterocycles. The van der Waals surface area contributed by atoms with Crippen molar-refractivity contribution in [3.8, 4) is 5.75 Å². The number of benzene rings is 2. The number of rotatable bonds is 7. The first-order valence-corrected chi connectivity index (χ1v) is 9.46. The van der Waals surface area contributed by atoms with Crippen LogP contribution in [0.1, 0.15) is 29.2 Å². The molecule has 6 heteroatoms. The van der Waals surface area contributed by atoms with Gasteiger partial charge in [0, 0.05) is 25.8 Å². The lowest BCUT2D eigenvalue weighted by Crippen LogP contribution is -2.31. The van der Waals surface area contributed by atoms with Gasteiger partial charge in [0.15, 0.2) is 0 Å². The number of aliphatic hydroxyl groups is 1. The Morgan fingerprint density at radius 3 is 2.48 bits per heavy atom. The standard InChI is InChI=1S/C23H25NO5/c1-15-8-10-16(11-9-15)21(25)19-20(17-6-4-7-18(14-17)29-3)24(12-5-13-28-2)23(27)22(19)26/h4,6-11,14,20,25H,5,12-13H2,1-3H3/t20-/m1/s1. The highest BCUT2D eigenvalue weighted by atomic mass is 16.5. The van der Waals surface area contributed by atoms with Gasteiger partial charge in [0.25, 0.3) is 11.7 Å². The molecule has 1 N–H and O–H groups in total. The predicted octanol–water partition coefficient (Wildman–Crippen LogP) is 3.46. The maximum atomic E-state index is 12.9. The largest absolute Gasteiger partial charge is 0.507 e. The molecular formula is C23H25NO5. The average Bonchev–Trinajstić information content (AvgIpc) is 2.99. The van der Waals surface area contributed by atoms with Crippen LogP contribution in [0.15, 0.2) is 54.1 Å². The van der Waals surface area contributed by atoms with E-state index >= 15 is 0 Å². The van der Waals surface area contributed by atoms with Crippen LogP contribution in [0.3, 0.4) is 0 Å². The number of methoxy groups -OCH3 is 2. The summed E-state index contributed by atoms with van der Waals surface area (Å²) in [5.74, 6) is -0.873. The molecule has 2 aromatic carbocycles. The van der Waals surface area contributed by atoms with Crippen molar-refractivity contribution in [3.63, 3.8) is 0 Å². The van der Waals surface area contributed by atoms with Crippen molar-refractivity contribution < 1.29 is 24.2 Å². The Hall–Kier alpha value is -3.12. The van der Waals surface area contributed by atoms with Crippen molar-refractivity contribution in [2.75, 3.05) is 27.4 Å². The maximum absolute atomic E-state index is 12.9. The molecule has 0 aliphatic carbocycles. The second-order valence-corrected chi connectivity index (χ2v) is 6.98. The second-order valence-electron chi connectivity index (χ2n) is 6.98. The van der Waals surface area contributed by atoms with Gasteiger partial charge in [-0.2, -0.15) is 0 Å². The van der Waals surface area contributed by atoms with Gasteiger partial charge in [-0.05, 0) is 31.0 Å². The molecule has 6 nitrogen and oxygen atoms in total. The van der Waals surface area contributed by atoms with Crippen LogP contribution in [-0.2, 0) is 14.3 Å². The molecular weight excluding hydrogens is 370 g/mol. The van der Waals surface area contributed by atoms with Crippen LogP contribution in [0.4, 0.5) is 0 Å².